The van der Waals surface area contributed by atoms with Crippen LogP contribution in [0.15, 0.2) is 72.0 Å². The Morgan fingerprint density at radius 1 is 1.04 bits per heavy atom. The minimum atomic E-state index is 0. The van der Waals surface area contributed by atoms with Crippen LogP contribution >= 0.6 is 35.6 Å². The zero-order valence-electron chi connectivity index (χ0n) is 15.8. The molecule has 0 fully saturated rings. The Labute approximate surface area is 188 Å². The second kappa shape index (κ2) is 11.7. The van der Waals surface area contributed by atoms with Crippen LogP contribution in [0.5, 0.6) is 0 Å². The van der Waals surface area contributed by atoms with Gasteiger partial charge in [0.15, 0.2) is 5.96 Å². The van der Waals surface area contributed by atoms with Crippen LogP contribution in [-0.2, 0) is 19.5 Å². The summed E-state index contributed by atoms with van der Waals surface area (Å²) in [7, 11) is 1.78. The molecule has 0 atom stereocenters. The minimum absolute atomic E-state index is 0. The number of rotatable bonds is 7. The first-order chi connectivity index (χ1) is 13.2. The summed E-state index contributed by atoms with van der Waals surface area (Å²) in [6.45, 7) is 2.29. The van der Waals surface area contributed by atoms with Crippen LogP contribution in [0.3, 0.4) is 0 Å². The van der Waals surface area contributed by atoms with Gasteiger partial charge in [0.2, 0.25) is 0 Å². The molecule has 0 saturated carbocycles. The van der Waals surface area contributed by atoms with Gasteiger partial charge in [0, 0.05) is 37.6 Å². The molecule has 0 bridgehead atoms. The van der Waals surface area contributed by atoms with Crippen LogP contribution in [0.2, 0.25) is 5.02 Å². The van der Waals surface area contributed by atoms with Gasteiger partial charge in [-0.3, -0.25) is 9.67 Å². The predicted molar refractivity (Wildman–Crippen MR) is 127 cm³/mol. The van der Waals surface area contributed by atoms with E-state index in [1.54, 1.807) is 13.2 Å². The molecule has 3 aromatic rings. The van der Waals surface area contributed by atoms with E-state index in [0.29, 0.717) is 6.54 Å². The zero-order valence-corrected chi connectivity index (χ0v) is 18.9. The van der Waals surface area contributed by atoms with Crippen molar-refractivity contribution in [1.82, 2.24) is 20.4 Å². The summed E-state index contributed by atoms with van der Waals surface area (Å²) in [6.07, 6.45) is 4.68. The highest BCUT2D eigenvalue weighted by atomic mass is 127. The Balaban J connectivity index is 0.00000280. The van der Waals surface area contributed by atoms with Gasteiger partial charge in [-0.1, -0.05) is 48.0 Å². The fourth-order valence-corrected chi connectivity index (χ4v) is 2.93. The maximum Gasteiger partial charge on any atom is 0.191 e. The van der Waals surface area contributed by atoms with Crippen LogP contribution in [0.1, 0.15) is 16.7 Å². The highest BCUT2D eigenvalue weighted by Crippen LogP contribution is 2.09. The molecular formula is C21H25ClIN5. The number of nitrogens with zero attached hydrogens (tertiary/aromatic N) is 3. The average Bonchev–Trinajstić information content (AvgIpc) is 3.19. The molecule has 0 aliphatic heterocycles. The molecule has 1 heterocycles. The van der Waals surface area contributed by atoms with E-state index in [9.17, 15) is 0 Å². The van der Waals surface area contributed by atoms with E-state index in [4.69, 9.17) is 11.6 Å². The van der Waals surface area contributed by atoms with E-state index in [2.05, 4.69) is 45.0 Å². The van der Waals surface area contributed by atoms with E-state index < -0.39 is 0 Å². The third-order valence-corrected chi connectivity index (χ3v) is 4.45. The summed E-state index contributed by atoms with van der Waals surface area (Å²) in [5, 5.41) is 11.7. The number of guanidine groups is 1. The second-order valence-electron chi connectivity index (χ2n) is 6.25. The van der Waals surface area contributed by atoms with Gasteiger partial charge in [-0.05, 0) is 41.3 Å². The Morgan fingerprint density at radius 3 is 2.54 bits per heavy atom. The molecule has 1 aromatic heterocycles. The van der Waals surface area contributed by atoms with Crippen molar-refractivity contribution in [2.45, 2.75) is 19.5 Å². The predicted octanol–water partition coefficient (Wildman–Crippen LogP) is 4.11. The van der Waals surface area contributed by atoms with Crippen molar-refractivity contribution in [3.8, 4) is 0 Å². The van der Waals surface area contributed by atoms with Gasteiger partial charge in [0.05, 0.1) is 6.54 Å². The van der Waals surface area contributed by atoms with Gasteiger partial charge in [-0.25, -0.2) is 0 Å². The summed E-state index contributed by atoms with van der Waals surface area (Å²) in [5.41, 5.74) is 3.68. The first kappa shape index (κ1) is 22.2. The van der Waals surface area contributed by atoms with Gasteiger partial charge < -0.3 is 10.6 Å². The Kier molecular flexibility index (Phi) is 9.30. The smallest absolute Gasteiger partial charge is 0.191 e. The molecule has 5 nitrogen and oxygen atoms in total. The molecule has 7 heteroatoms. The van der Waals surface area contributed by atoms with Crippen molar-refractivity contribution >= 4 is 41.5 Å². The highest BCUT2D eigenvalue weighted by molar-refractivity contribution is 14.0. The summed E-state index contributed by atoms with van der Waals surface area (Å²) < 4.78 is 1.92. The topological polar surface area (TPSA) is 54.2 Å². The van der Waals surface area contributed by atoms with E-state index in [1.807, 2.05) is 41.2 Å². The molecule has 0 saturated heterocycles. The van der Waals surface area contributed by atoms with Gasteiger partial charge in [-0.15, -0.1) is 24.0 Å². The number of aliphatic imine (C=N–C) groups is 1. The largest absolute Gasteiger partial charge is 0.356 e. The first-order valence-corrected chi connectivity index (χ1v) is 9.35. The van der Waals surface area contributed by atoms with Crippen LogP contribution in [-0.4, -0.2) is 29.3 Å². The first-order valence-electron chi connectivity index (χ1n) is 8.97. The summed E-state index contributed by atoms with van der Waals surface area (Å²) in [4.78, 5) is 4.29. The Morgan fingerprint density at radius 2 is 1.82 bits per heavy atom. The third kappa shape index (κ3) is 7.16. The quantitative estimate of drug-likeness (QED) is 0.286. The van der Waals surface area contributed by atoms with Gasteiger partial charge in [0.25, 0.3) is 0 Å². The molecule has 2 N–H and O–H groups in total. The number of hydrogen-bond acceptors (Lipinski definition) is 2. The van der Waals surface area contributed by atoms with Gasteiger partial charge >= 0.3 is 0 Å². The average molecular weight is 510 g/mol. The SMILES string of the molecule is CN=C(NCCc1ccc(Cl)cc1)NCc1cccc(Cn2cccn2)c1.I. The lowest BCUT2D eigenvalue weighted by atomic mass is 10.1. The molecule has 0 spiro atoms. The van der Waals surface area contributed by atoms with Crippen molar-refractivity contribution < 1.29 is 0 Å². The molecule has 0 radical (unpaired) electrons. The van der Waals surface area contributed by atoms with E-state index in [1.165, 1.54) is 16.7 Å². The molecular weight excluding hydrogens is 485 g/mol. The monoisotopic (exact) mass is 509 g/mol. The molecule has 0 aliphatic rings. The third-order valence-electron chi connectivity index (χ3n) is 4.20. The number of hydrogen-bond donors (Lipinski definition) is 2. The van der Waals surface area contributed by atoms with Crippen molar-refractivity contribution in [2.24, 2.45) is 4.99 Å². The summed E-state index contributed by atoms with van der Waals surface area (Å²) in [5.74, 6) is 0.793. The number of halogens is 2. The standard InChI is InChI=1S/C21H24ClN5.HI/c1-23-21(24-12-10-17-6-8-20(22)9-7-17)25-15-18-4-2-5-19(14-18)16-27-13-3-11-26-27;/h2-9,11,13-14H,10,12,15-16H2,1H3,(H2,23,24,25);1H. The molecule has 2 aromatic carbocycles. The van der Waals surface area contributed by atoms with Crippen LogP contribution in [0.4, 0.5) is 0 Å². The maximum absolute atomic E-state index is 5.92. The van der Waals surface area contributed by atoms with Crippen molar-refractivity contribution in [2.75, 3.05) is 13.6 Å². The molecule has 148 valence electrons. The van der Waals surface area contributed by atoms with Crippen LogP contribution in [0.25, 0.3) is 0 Å². The summed E-state index contributed by atoms with van der Waals surface area (Å²) in [6, 6.07) is 18.4. The summed E-state index contributed by atoms with van der Waals surface area (Å²) >= 11 is 5.92. The fraction of sp³-hybridized carbons (Fsp3) is 0.238. The van der Waals surface area contributed by atoms with Crippen molar-refractivity contribution in [3.63, 3.8) is 0 Å². The molecule has 0 amide bonds. The normalized spacial score (nSPS) is 11.0. The number of benzene rings is 2. The minimum Gasteiger partial charge on any atom is -0.356 e. The van der Waals surface area contributed by atoms with Crippen LogP contribution < -0.4 is 10.6 Å². The lowest BCUT2D eigenvalue weighted by Crippen LogP contribution is -2.37. The van der Waals surface area contributed by atoms with Gasteiger partial charge in [0.1, 0.15) is 0 Å². The van der Waals surface area contributed by atoms with Crippen molar-refractivity contribution in [3.05, 3.63) is 88.7 Å². The van der Waals surface area contributed by atoms with Crippen LogP contribution in [0, 0.1) is 0 Å². The van der Waals surface area contributed by atoms with Crippen molar-refractivity contribution in [1.29, 1.82) is 0 Å². The Bertz CT molecular complexity index is 863. The second-order valence-corrected chi connectivity index (χ2v) is 6.69. The molecule has 3 rings (SSSR count). The highest BCUT2D eigenvalue weighted by Gasteiger charge is 2.01. The molecule has 0 unspecified atom stereocenters. The molecule has 28 heavy (non-hydrogen) atoms. The van der Waals surface area contributed by atoms with E-state index in [0.717, 1.165) is 30.5 Å². The number of aromatic nitrogens is 2. The lowest BCUT2D eigenvalue weighted by molar-refractivity contribution is 0.685. The Hall–Kier alpha value is -2.06. The fourth-order valence-electron chi connectivity index (χ4n) is 2.80. The van der Waals surface area contributed by atoms with E-state index >= 15 is 0 Å². The zero-order chi connectivity index (χ0) is 18.9. The maximum atomic E-state index is 5.92. The van der Waals surface area contributed by atoms with Gasteiger partial charge in [-0.2, -0.15) is 5.10 Å². The number of nitrogens with one attached hydrogen (secondary N) is 2. The molecule has 0 aliphatic carbocycles. The van der Waals surface area contributed by atoms with E-state index in [-0.39, 0.29) is 24.0 Å². The lowest BCUT2D eigenvalue weighted by Gasteiger charge is -2.13.